The zero-order valence-corrected chi connectivity index (χ0v) is 9.01. The van der Waals surface area contributed by atoms with Crippen LogP contribution in [0.5, 0.6) is 0 Å². The van der Waals surface area contributed by atoms with Gasteiger partial charge in [0.15, 0.2) is 5.03 Å². The molecule has 0 fully saturated rings. The highest BCUT2D eigenvalue weighted by Crippen LogP contribution is 2.14. The van der Waals surface area contributed by atoms with Gasteiger partial charge in [-0.1, -0.05) is 13.8 Å². The maximum Gasteiger partial charge on any atom is 0.278 e. The topological polar surface area (TPSA) is 52.0 Å². The van der Waals surface area contributed by atoms with E-state index in [2.05, 4.69) is 5.10 Å². The van der Waals surface area contributed by atoms with Gasteiger partial charge in [0, 0.05) is 17.2 Å². The van der Waals surface area contributed by atoms with Gasteiger partial charge in [-0.3, -0.25) is 4.68 Å². The molecule has 4 nitrogen and oxygen atoms in total. The Morgan fingerprint density at radius 3 is 2.69 bits per heavy atom. The monoisotopic (exact) mass is 222 g/mol. The molecule has 0 amide bonds. The minimum atomic E-state index is -3.66. The summed E-state index contributed by atoms with van der Waals surface area (Å²) < 4.78 is 23.4. The van der Waals surface area contributed by atoms with Crippen molar-refractivity contribution in [2.45, 2.75) is 25.4 Å². The second-order valence-electron chi connectivity index (χ2n) is 3.18. The van der Waals surface area contributed by atoms with Crippen LogP contribution in [-0.4, -0.2) is 18.2 Å². The van der Waals surface area contributed by atoms with Gasteiger partial charge in [0.2, 0.25) is 0 Å². The summed E-state index contributed by atoms with van der Waals surface area (Å²) >= 11 is 0. The van der Waals surface area contributed by atoms with E-state index in [9.17, 15) is 8.42 Å². The predicted octanol–water partition coefficient (Wildman–Crippen LogP) is 1.47. The largest absolute Gasteiger partial charge is 0.278 e. The first-order valence-electron chi connectivity index (χ1n) is 3.87. The molecule has 0 spiro atoms. The molecule has 6 heteroatoms. The van der Waals surface area contributed by atoms with Crippen LogP contribution >= 0.6 is 10.7 Å². The molecule has 0 N–H and O–H groups in total. The third kappa shape index (κ3) is 2.70. The molecule has 0 aliphatic heterocycles. The molecule has 74 valence electrons. The molecule has 1 rings (SSSR count). The summed E-state index contributed by atoms with van der Waals surface area (Å²) in [7, 11) is 1.54. The first kappa shape index (κ1) is 10.5. The van der Waals surface area contributed by atoms with Crippen molar-refractivity contribution >= 4 is 19.7 Å². The molecule has 0 atom stereocenters. The van der Waals surface area contributed by atoms with E-state index in [4.69, 9.17) is 10.7 Å². The molecule has 13 heavy (non-hydrogen) atoms. The minimum absolute atomic E-state index is 0.0582. The van der Waals surface area contributed by atoms with Crippen molar-refractivity contribution in [1.29, 1.82) is 0 Å². The van der Waals surface area contributed by atoms with Gasteiger partial charge < -0.3 is 0 Å². The standard InChI is InChI=1S/C7H11ClN2O2S/c1-6(2)5-10-7(3-4-9-10)13(8,11)12/h3-4,6H,5H2,1-2H3. The fourth-order valence-corrected chi connectivity index (χ4v) is 2.00. The number of hydrogen-bond acceptors (Lipinski definition) is 3. The molecule has 1 aromatic heterocycles. The summed E-state index contributed by atoms with van der Waals surface area (Å²) in [5.41, 5.74) is 0. The Morgan fingerprint density at radius 1 is 1.62 bits per heavy atom. The zero-order chi connectivity index (χ0) is 10.1. The van der Waals surface area contributed by atoms with Gasteiger partial charge in [-0.05, 0) is 12.0 Å². The number of halogens is 1. The lowest BCUT2D eigenvalue weighted by atomic mass is 10.2. The summed E-state index contributed by atoms with van der Waals surface area (Å²) in [6.45, 7) is 4.51. The molecule has 0 radical (unpaired) electrons. The van der Waals surface area contributed by atoms with E-state index in [1.165, 1.54) is 16.9 Å². The van der Waals surface area contributed by atoms with Crippen LogP contribution in [0.4, 0.5) is 0 Å². The molecule has 1 heterocycles. The van der Waals surface area contributed by atoms with Crippen molar-refractivity contribution in [1.82, 2.24) is 9.78 Å². The van der Waals surface area contributed by atoms with Crippen molar-refractivity contribution < 1.29 is 8.42 Å². The summed E-state index contributed by atoms with van der Waals surface area (Å²) in [5.74, 6) is 0.331. The number of aromatic nitrogens is 2. The molecular formula is C7H11ClN2O2S. The van der Waals surface area contributed by atoms with Crippen LogP contribution in [0.3, 0.4) is 0 Å². The fraction of sp³-hybridized carbons (Fsp3) is 0.571. The minimum Gasteiger partial charge on any atom is -0.253 e. The van der Waals surface area contributed by atoms with Gasteiger partial charge in [0.1, 0.15) is 0 Å². The molecule has 0 saturated heterocycles. The van der Waals surface area contributed by atoms with Gasteiger partial charge in [0.25, 0.3) is 9.05 Å². The molecule has 0 aliphatic carbocycles. The van der Waals surface area contributed by atoms with E-state index in [1.54, 1.807) is 0 Å². The average Bonchev–Trinajstić information content (AvgIpc) is 2.31. The summed E-state index contributed by atoms with van der Waals surface area (Å²) in [6, 6.07) is 1.39. The first-order chi connectivity index (χ1) is 5.91. The quantitative estimate of drug-likeness (QED) is 0.728. The number of rotatable bonds is 3. The van der Waals surface area contributed by atoms with Crippen LogP contribution in [-0.2, 0) is 15.6 Å². The Kier molecular flexibility index (Phi) is 2.98. The van der Waals surface area contributed by atoms with Gasteiger partial charge >= 0.3 is 0 Å². The van der Waals surface area contributed by atoms with Crippen LogP contribution in [0.2, 0.25) is 0 Å². The van der Waals surface area contributed by atoms with Crippen LogP contribution < -0.4 is 0 Å². The van der Waals surface area contributed by atoms with E-state index in [1.807, 2.05) is 13.8 Å². The van der Waals surface area contributed by atoms with Crippen LogP contribution in [0.25, 0.3) is 0 Å². The normalized spacial score (nSPS) is 12.3. The molecule has 0 unspecified atom stereocenters. The lowest BCUT2D eigenvalue weighted by Crippen LogP contribution is -2.10. The van der Waals surface area contributed by atoms with E-state index in [-0.39, 0.29) is 5.03 Å². The lowest BCUT2D eigenvalue weighted by Gasteiger charge is -2.06. The number of nitrogens with zero attached hydrogens (tertiary/aromatic N) is 2. The van der Waals surface area contributed by atoms with E-state index in [0.717, 1.165) is 0 Å². The molecular weight excluding hydrogens is 212 g/mol. The van der Waals surface area contributed by atoms with E-state index < -0.39 is 9.05 Å². The molecule has 0 bridgehead atoms. The highest BCUT2D eigenvalue weighted by molar-refractivity contribution is 8.13. The first-order valence-corrected chi connectivity index (χ1v) is 6.18. The van der Waals surface area contributed by atoms with Crippen LogP contribution in [0.1, 0.15) is 13.8 Å². The molecule has 0 aromatic carbocycles. The summed E-state index contributed by atoms with van der Waals surface area (Å²) in [4.78, 5) is 0. The van der Waals surface area contributed by atoms with Crippen molar-refractivity contribution in [2.24, 2.45) is 5.92 Å². The van der Waals surface area contributed by atoms with Gasteiger partial charge in [-0.2, -0.15) is 5.10 Å². The Hall–Kier alpha value is -0.550. The highest BCUT2D eigenvalue weighted by atomic mass is 35.7. The van der Waals surface area contributed by atoms with Gasteiger partial charge in [0.05, 0.1) is 6.20 Å². The maximum absolute atomic E-state index is 11.0. The van der Waals surface area contributed by atoms with Crippen LogP contribution in [0, 0.1) is 5.92 Å². The third-order valence-corrected chi connectivity index (χ3v) is 2.79. The highest BCUT2D eigenvalue weighted by Gasteiger charge is 2.16. The lowest BCUT2D eigenvalue weighted by molar-refractivity contribution is 0.450. The Balaban J connectivity index is 3.04. The summed E-state index contributed by atoms with van der Waals surface area (Å²) in [5, 5.41) is 3.93. The second-order valence-corrected chi connectivity index (χ2v) is 5.70. The summed E-state index contributed by atoms with van der Waals surface area (Å²) in [6.07, 6.45) is 1.43. The van der Waals surface area contributed by atoms with Crippen molar-refractivity contribution in [3.63, 3.8) is 0 Å². The molecule has 1 aromatic rings. The van der Waals surface area contributed by atoms with Gasteiger partial charge in [-0.25, -0.2) is 8.42 Å². The van der Waals surface area contributed by atoms with Crippen molar-refractivity contribution in [2.75, 3.05) is 0 Å². The SMILES string of the molecule is CC(C)Cn1nccc1S(=O)(=O)Cl. The van der Waals surface area contributed by atoms with Gasteiger partial charge in [-0.15, -0.1) is 0 Å². The third-order valence-electron chi connectivity index (χ3n) is 1.47. The number of hydrogen-bond donors (Lipinski definition) is 0. The van der Waals surface area contributed by atoms with Crippen LogP contribution in [0.15, 0.2) is 17.3 Å². The van der Waals surface area contributed by atoms with Crippen molar-refractivity contribution in [3.8, 4) is 0 Å². The maximum atomic E-state index is 11.0. The smallest absolute Gasteiger partial charge is 0.253 e. The Morgan fingerprint density at radius 2 is 2.23 bits per heavy atom. The Labute approximate surface area is 81.9 Å². The van der Waals surface area contributed by atoms with E-state index >= 15 is 0 Å². The fourth-order valence-electron chi connectivity index (χ4n) is 1.01. The van der Waals surface area contributed by atoms with E-state index in [0.29, 0.717) is 12.5 Å². The predicted molar refractivity (Wildman–Crippen MR) is 50.1 cm³/mol. The molecule has 0 aliphatic rings. The Bertz CT molecular complexity index is 383. The zero-order valence-electron chi connectivity index (χ0n) is 7.44. The second kappa shape index (κ2) is 3.67. The molecule has 0 saturated carbocycles. The van der Waals surface area contributed by atoms with Crippen molar-refractivity contribution in [3.05, 3.63) is 12.3 Å². The average molecular weight is 223 g/mol.